The maximum Gasteiger partial charge on any atom is 0.255 e. The Kier molecular flexibility index (Phi) is 5.90. The normalized spacial score (nSPS) is 21.1. The van der Waals surface area contributed by atoms with E-state index in [1.165, 1.54) is 23.2 Å². The zero-order valence-corrected chi connectivity index (χ0v) is 21.3. The number of benzene rings is 1. The summed E-state index contributed by atoms with van der Waals surface area (Å²) in [6, 6.07) is 1.27. The molecule has 37 heavy (non-hydrogen) atoms. The number of carbonyl (C=O) groups is 2. The maximum atomic E-state index is 15.2. The molecule has 3 heterocycles. The van der Waals surface area contributed by atoms with E-state index in [1.807, 2.05) is 6.92 Å². The summed E-state index contributed by atoms with van der Waals surface area (Å²) in [5.74, 6) is 2.61. The fraction of sp³-hybridized carbons (Fsp3) is 0.360. The Morgan fingerprint density at radius 2 is 2.08 bits per heavy atom. The molecule has 0 bridgehead atoms. The lowest BCUT2D eigenvalue weighted by molar-refractivity contribution is -0.126. The largest absolute Gasteiger partial charge is 0.373 e. The van der Waals surface area contributed by atoms with Gasteiger partial charge in [-0.3, -0.25) is 9.59 Å². The number of imidazole rings is 1. The van der Waals surface area contributed by atoms with E-state index in [0.717, 1.165) is 12.8 Å². The fourth-order valence-electron chi connectivity index (χ4n) is 4.92. The van der Waals surface area contributed by atoms with Gasteiger partial charge in [0.25, 0.3) is 5.91 Å². The van der Waals surface area contributed by atoms with Crippen LogP contribution in [0, 0.1) is 23.5 Å². The first-order valence-corrected chi connectivity index (χ1v) is 12.2. The highest BCUT2D eigenvalue weighted by Crippen LogP contribution is 2.38. The number of halogens is 2. The molecule has 2 atom stereocenters. The van der Waals surface area contributed by atoms with Gasteiger partial charge in [-0.05, 0) is 38.2 Å². The molecule has 9 nitrogen and oxygen atoms in total. The SMILES string of the molecule is C=CC(=O)N1C[C@@]([Si])(n2nc(C#Cc3c(F)cc4c(ncn4C4CC4)c3F)c(C(N)=O)c2NC)C[C@@H]1C. The van der Waals surface area contributed by atoms with Crippen LogP contribution in [-0.4, -0.2) is 65.9 Å². The quantitative estimate of drug-likeness (QED) is 0.304. The van der Waals surface area contributed by atoms with Crippen molar-refractivity contribution in [1.29, 1.82) is 0 Å². The number of hydrogen-bond acceptors (Lipinski definition) is 5. The molecule has 12 heteroatoms. The minimum absolute atomic E-state index is 0.0280. The van der Waals surface area contributed by atoms with Gasteiger partial charge in [0.1, 0.15) is 22.7 Å². The predicted molar refractivity (Wildman–Crippen MR) is 134 cm³/mol. The van der Waals surface area contributed by atoms with Crippen molar-refractivity contribution >= 4 is 38.9 Å². The Morgan fingerprint density at radius 3 is 2.70 bits per heavy atom. The third-order valence-electron chi connectivity index (χ3n) is 6.84. The molecule has 5 rings (SSSR count). The Hall–Kier alpha value is -3.98. The van der Waals surface area contributed by atoms with E-state index < -0.39 is 28.3 Å². The molecule has 2 fully saturated rings. The molecular formula is C25H24F2N7O2Si. The third-order valence-corrected chi connectivity index (χ3v) is 7.41. The Morgan fingerprint density at radius 1 is 1.35 bits per heavy atom. The van der Waals surface area contributed by atoms with Gasteiger partial charge in [-0.15, -0.1) is 0 Å². The molecule has 3 radical (unpaired) electrons. The van der Waals surface area contributed by atoms with Crippen LogP contribution in [0.15, 0.2) is 25.0 Å². The second-order valence-corrected chi connectivity index (χ2v) is 10.3. The van der Waals surface area contributed by atoms with Crippen molar-refractivity contribution in [2.75, 3.05) is 18.9 Å². The fourth-order valence-corrected chi connectivity index (χ4v) is 5.55. The monoisotopic (exact) mass is 520 g/mol. The van der Waals surface area contributed by atoms with E-state index in [2.05, 4.69) is 44.1 Å². The summed E-state index contributed by atoms with van der Waals surface area (Å²) in [5.41, 5.74) is 5.49. The first-order chi connectivity index (χ1) is 17.6. The van der Waals surface area contributed by atoms with Crippen LogP contribution in [0.2, 0.25) is 0 Å². The number of nitrogens with zero attached hydrogens (tertiary/aromatic N) is 5. The summed E-state index contributed by atoms with van der Waals surface area (Å²) in [5, 5.41) is 6.51. The summed E-state index contributed by atoms with van der Waals surface area (Å²) in [7, 11) is 5.34. The van der Waals surface area contributed by atoms with Crippen molar-refractivity contribution in [3.63, 3.8) is 0 Å². The van der Waals surface area contributed by atoms with Crippen molar-refractivity contribution in [1.82, 2.24) is 24.2 Å². The van der Waals surface area contributed by atoms with Crippen molar-refractivity contribution in [3.05, 3.63) is 53.5 Å². The van der Waals surface area contributed by atoms with E-state index in [4.69, 9.17) is 5.73 Å². The Balaban J connectivity index is 1.59. The van der Waals surface area contributed by atoms with Gasteiger partial charge >= 0.3 is 0 Å². The van der Waals surface area contributed by atoms with Crippen LogP contribution >= 0.6 is 0 Å². The number of fused-ring (bicyclic) bond motifs is 1. The molecule has 1 aliphatic carbocycles. The second-order valence-electron chi connectivity index (χ2n) is 9.40. The topological polar surface area (TPSA) is 111 Å². The Labute approximate surface area is 215 Å². The van der Waals surface area contributed by atoms with Crippen LogP contribution in [0.3, 0.4) is 0 Å². The molecule has 189 valence electrons. The van der Waals surface area contributed by atoms with Gasteiger partial charge in [-0.2, -0.15) is 5.10 Å². The van der Waals surface area contributed by atoms with Crippen LogP contribution in [0.1, 0.15) is 53.8 Å². The number of likely N-dealkylation sites (tertiary alicyclic amines) is 1. The van der Waals surface area contributed by atoms with Crippen molar-refractivity contribution in [2.45, 2.75) is 43.4 Å². The number of nitrogens with one attached hydrogen (secondary N) is 1. The van der Waals surface area contributed by atoms with Gasteiger partial charge in [0.05, 0.1) is 32.8 Å². The molecule has 1 saturated carbocycles. The lowest BCUT2D eigenvalue weighted by Crippen LogP contribution is -2.40. The number of anilines is 1. The van der Waals surface area contributed by atoms with E-state index in [0.29, 0.717) is 11.9 Å². The first kappa shape index (κ1) is 24.7. The van der Waals surface area contributed by atoms with Crippen molar-refractivity contribution in [3.8, 4) is 11.8 Å². The average Bonchev–Trinajstić information content (AvgIpc) is 3.36. The molecular weight excluding hydrogens is 496 g/mol. The minimum atomic E-state index is -0.897. The number of amides is 2. The summed E-state index contributed by atoms with van der Waals surface area (Å²) in [4.78, 5) is 30.5. The van der Waals surface area contributed by atoms with Crippen LogP contribution in [0.25, 0.3) is 11.0 Å². The zero-order valence-electron chi connectivity index (χ0n) is 20.3. The van der Waals surface area contributed by atoms with Gasteiger partial charge in [-0.25, -0.2) is 18.4 Å². The number of aromatic nitrogens is 4. The van der Waals surface area contributed by atoms with Gasteiger partial charge in [0.15, 0.2) is 11.5 Å². The average molecular weight is 521 g/mol. The predicted octanol–water partition coefficient (Wildman–Crippen LogP) is 2.01. The van der Waals surface area contributed by atoms with Gasteiger partial charge in [-0.1, -0.05) is 12.5 Å². The van der Waals surface area contributed by atoms with Crippen LogP contribution in [0.5, 0.6) is 0 Å². The smallest absolute Gasteiger partial charge is 0.255 e. The molecule has 2 aliphatic rings. The Bertz CT molecular complexity index is 1530. The lowest BCUT2D eigenvalue weighted by atomic mass is 10.1. The van der Waals surface area contributed by atoms with E-state index >= 15 is 4.39 Å². The van der Waals surface area contributed by atoms with Gasteiger partial charge in [0.2, 0.25) is 5.91 Å². The number of carbonyl (C=O) groups excluding carboxylic acids is 2. The van der Waals surface area contributed by atoms with Crippen LogP contribution in [0.4, 0.5) is 14.6 Å². The van der Waals surface area contributed by atoms with E-state index in [-0.39, 0.29) is 47.1 Å². The van der Waals surface area contributed by atoms with Gasteiger partial charge in [0, 0.05) is 31.7 Å². The van der Waals surface area contributed by atoms with Crippen molar-refractivity contribution < 1.29 is 18.4 Å². The van der Waals surface area contributed by atoms with E-state index in [9.17, 15) is 14.0 Å². The maximum absolute atomic E-state index is 15.2. The minimum Gasteiger partial charge on any atom is -0.373 e. The first-order valence-electron chi connectivity index (χ1n) is 11.7. The molecule has 2 amide bonds. The standard InChI is InChI=1S/C25H24F2N7O2Si/c1-4-19(35)32-11-25(37,10-13(32)2)34-24(29-3)20(23(28)36)17(31-34)8-7-15-16(26)9-18-22(21(15)27)30-12-33(18)14-5-6-14/h4,9,12-14,29H,1,5-6,10-11H2,2-3H3,(H2,28,36)/t13-,25+/m0/s1. The van der Waals surface area contributed by atoms with Crippen LogP contribution in [-0.2, 0) is 9.96 Å². The third kappa shape index (κ3) is 3.99. The summed E-state index contributed by atoms with van der Waals surface area (Å²) in [6.07, 6.45) is 5.07. The number of nitrogens with two attached hydrogens (primary N) is 1. The number of rotatable bonds is 5. The molecule has 1 aliphatic heterocycles. The molecule has 2 aromatic heterocycles. The molecule has 0 unspecified atom stereocenters. The summed E-state index contributed by atoms with van der Waals surface area (Å²) >= 11 is 0. The highest BCUT2D eigenvalue weighted by molar-refractivity contribution is 6.15. The molecule has 3 N–H and O–H groups in total. The molecule has 3 aromatic rings. The molecule has 1 aromatic carbocycles. The summed E-state index contributed by atoms with van der Waals surface area (Å²) < 4.78 is 33.5. The number of hydrogen-bond donors (Lipinski definition) is 2. The molecule has 0 spiro atoms. The van der Waals surface area contributed by atoms with E-state index in [1.54, 1.807) is 16.5 Å². The molecule has 1 saturated heterocycles. The lowest BCUT2D eigenvalue weighted by Gasteiger charge is -2.27. The van der Waals surface area contributed by atoms with Crippen molar-refractivity contribution in [2.24, 2.45) is 5.73 Å². The summed E-state index contributed by atoms with van der Waals surface area (Å²) in [6.45, 7) is 5.65. The second kappa shape index (κ2) is 8.84. The highest BCUT2D eigenvalue weighted by Gasteiger charge is 2.44. The van der Waals surface area contributed by atoms with Crippen LogP contribution < -0.4 is 11.1 Å². The number of primary amides is 1. The zero-order chi connectivity index (χ0) is 26.6. The highest BCUT2D eigenvalue weighted by atomic mass is 28.1. The van der Waals surface area contributed by atoms with Gasteiger partial charge < -0.3 is 20.5 Å².